The molecule has 0 aliphatic carbocycles. The monoisotopic (exact) mass is 391 g/mol. The number of aromatic hydroxyl groups is 1. The van der Waals surface area contributed by atoms with E-state index in [1.807, 2.05) is 24.3 Å². The molecule has 24 heavy (non-hydrogen) atoms. The van der Waals surface area contributed by atoms with Gasteiger partial charge in [-0.25, -0.2) is 5.43 Å². The van der Waals surface area contributed by atoms with Crippen molar-refractivity contribution >= 4 is 33.7 Å². The number of hydrazone groups is 1. The highest BCUT2D eigenvalue weighted by Gasteiger charge is 2.11. The van der Waals surface area contributed by atoms with E-state index in [9.17, 15) is 9.90 Å². The Balaban J connectivity index is 1.90. The first-order chi connectivity index (χ1) is 11.5. The van der Waals surface area contributed by atoms with E-state index in [0.717, 1.165) is 10.2 Å². The second kappa shape index (κ2) is 8.35. The Morgan fingerprint density at radius 2 is 2.00 bits per heavy atom. The third-order valence-electron chi connectivity index (χ3n) is 3.21. The smallest absolute Gasteiger partial charge is 0.262 e. The van der Waals surface area contributed by atoms with Crippen LogP contribution in [-0.2, 0) is 4.79 Å². The molecule has 2 rings (SSSR count). The highest BCUT2D eigenvalue weighted by atomic mass is 79.9. The van der Waals surface area contributed by atoms with Crippen LogP contribution in [0, 0.1) is 0 Å². The molecule has 2 aromatic carbocycles. The molecule has 0 spiro atoms. The molecular weight excluding hydrogens is 374 g/mol. The van der Waals surface area contributed by atoms with Crippen LogP contribution in [0.3, 0.4) is 0 Å². The number of carbonyl (C=O) groups is 1. The lowest BCUT2D eigenvalue weighted by Crippen LogP contribution is -2.34. The van der Waals surface area contributed by atoms with E-state index >= 15 is 0 Å². The van der Waals surface area contributed by atoms with Crippen LogP contribution in [0.5, 0.6) is 11.5 Å². The highest BCUT2D eigenvalue weighted by molar-refractivity contribution is 9.10. The van der Waals surface area contributed by atoms with Crippen LogP contribution in [-0.4, -0.2) is 30.4 Å². The number of nitrogens with zero attached hydrogens (tertiary/aromatic N) is 1. The van der Waals surface area contributed by atoms with Gasteiger partial charge in [-0.05, 0) is 55.0 Å². The number of methoxy groups -OCH3 is 1. The number of phenolic OH excluding ortho intramolecular Hbond substituents is 1. The molecule has 0 bridgehead atoms. The van der Waals surface area contributed by atoms with Gasteiger partial charge in [-0.3, -0.25) is 4.79 Å². The van der Waals surface area contributed by atoms with Gasteiger partial charge in [0.2, 0.25) is 0 Å². The van der Waals surface area contributed by atoms with Crippen LogP contribution in [0.4, 0.5) is 5.69 Å². The zero-order valence-electron chi connectivity index (χ0n) is 13.3. The van der Waals surface area contributed by atoms with Crippen molar-refractivity contribution in [2.75, 3.05) is 12.4 Å². The predicted octanol–water partition coefficient (Wildman–Crippen LogP) is 3.11. The first kappa shape index (κ1) is 17.8. The maximum atomic E-state index is 12.0. The molecule has 7 heteroatoms. The molecule has 1 atom stereocenters. The van der Waals surface area contributed by atoms with Gasteiger partial charge in [0.05, 0.1) is 13.3 Å². The normalized spacial score (nSPS) is 12.0. The van der Waals surface area contributed by atoms with Crippen molar-refractivity contribution in [3.05, 3.63) is 52.5 Å². The lowest BCUT2D eigenvalue weighted by molar-refractivity contribution is -0.121. The maximum absolute atomic E-state index is 12.0. The van der Waals surface area contributed by atoms with Crippen LogP contribution < -0.4 is 15.5 Å². The second-order valence-electron chi connectivity index (χ2n) is 5.04. The molecule has 0 heterocycles. The van der Waals surface area contributed by atoms with E-state index in [0.29, 0.717) is 11.3 Å². The van der Waals surface area contributed by atoms with Crippen LogP contribution in [0.1, 0.15) is 12.5 Å². The van der Waals surface area contributed by atoms with E-state index in [-0.39, 0.29) is 11.7 Å². The molecule has 0 aliphatic heterocycles. The molecular formula is C17H18BrN3O3. The molecule has 0 saturated heterocycles. The van der Waals surface area contributed by atoms with E-state index in [1.54, 1.807) is 19.1 Å². The van der Waals surface area contributed by atoms with Crippen molar-refractivity contribution in [1.29, 1.82) is 0 Å². The SMILES string of the molecule is COc1cc(/C=N\NC(=O)[C@@H](C)Nc2ccc(Br)cc2)ccc1O. The topological polar surface area (TPSA) is 83.0 Å². The number of hydrogen-bond donors (Lipinski definition) is 3. The number of nitrogens with one attached hydrogen (secondary N) is 2. The molecule has 3 N–H and O–H groups in total. The van der Waals surface area contributed by atoms with Crippen molar-refractivity contribution in [2.24, 2.45) is 5.10 Å². The van der Waals surface area contributed by atoms with E-state index in [1.165, 1.54) is 19.4 Å². The number of amides is 1. The van der Waals surface area contributed by atoms with Gasteiger partial charge < -0.3 is 15.2 Å². The quantitative estimate of drug-likeness (QED) is 0.521. The van der Waals surface area contributed by atoms with Crippen LogP contribution >= 0.6 is 15.9 Å². The summed E-state index contributed by atoms with van der Waals surface area (Å²) in [6.07, 6.45) is 1.48. The average Bonchev–Trinajstić information content (AvgIpc) is 2.58. The Morgan fingerprint density at radius 1 is 1.29 bits per heavy atom. The summed E-state index contributed by atoms with van der Waals surface area (Å²) < 4.78 is 5.99. The van der Waals surface area contributed by atoms with Gasteiger partial charge in [-0.2, -0.15) is 5.10 Å². The van der Waals surface area contributed by atoms with Crippen molar-refractivity contribution in [1.82, 2.24) is 5.43 Å². The summed E-state index contributed by atoms with van der Waals surface area (Å²) in [5.74, 6) is 0.126. The summed E-state index contributed by atoms with van der Waals surface area (Å²) in [7, 11) is 1.47. The van der Waals surface area contributed by atoms with Gasteiger partial charge in [0.15, 0.2) is 11.5 Å². The first-order valence-corrected chi connectivity index (χ1v) is 8.01. The highest BCUT2D eigenvalue weighted by Crippen LogP contribution is 2.25. The van der Waals surface area contributed by atoms with E-state index in [2.05, 4.69) is 31.8 Å². The Morgan fingerprint density at radius 3 is 2.67 bits per heavy atom. The molecule has 6 nitrogen and oxygen atoms in total. The Bertz CT molecular complexity index is 732. The molecule has 0 saturated carbocycles. The van der Waals surface area contributed by atoms with Gasteiger partial charge in [0, 0.05) is 10.2 Å². The van der Waals surface area contributed by atoms with Crippen LogP contribution in [0.15, 0.2) is 52.0 Å². The Labute approximate surface area is 148 Å². The average molecular weight is 392 g/mol. The van der Waals surface area contributed by atoms with E-state index < -0.39 is 6.04 Å². The van der Waals surface area contributed by atoms with Crippen molar-refractivity contribution < 1.29 is 14.6 Å². The molecule has 0 aromatic heterocycles. The fourth-order valence-electron chi connectivity index (χ4n) is 1.90. The van der Waals surface area contributed by atoms with Crippen molar-refractivity contribution in [3.63, 3.8) is 0 Å². The lowest BCUT2D eigenvalue weighted by Gasteiger charge is -2.13. The third-order valence-corrected chi connectivity index (χ3v) is 3.74. The van der Waals surface area contributed by atoms with Crippen molar-refractivity contribution in [3.8, 4) is 11.5 Å². The number of anilines is 1. The Hall–Kier alpha value is -2.54. The number of rotatable bonds is 6. The third kappa shape index (κ3) is 4.99. The summed E-state index contributed by atoms with van der Waals surface area (Å²) in [5.41, 5.74) is 4.00. The van der Waals surface area contributed by atoms with Gasteiger partial charge in [-0.1, -0.05) is 15.9 Å². The fraction of sp³-hybridized carbons (Fsp3) is 0.176. The minimum Gasteiger partial charge on any atom is -0.504 e. The zero-order valence-corrected chi connectivity index (χ0v) is 14.9. The number of hydrogen-bond acceptors (Lipinski definition) is 5. The summed E-state index contributed by atoms with van der Waals surface area (Å²) in [6, 6.07) is 11.9. The minimum absolute atomic E-state index is 0.0472. The van der Waals surface area contributed by atoms with Gasteiger partial charge in [-0.15, -0.1) is 0 Å². The van der Waals surface area contributed by atoms with Crippen LogP contribution in [0.2, 0.25) is 0 Å². The largest absolute Gasteiger partial charge is 0.504 e. The van der Waals surface area contributed by atoms with E-state index in [4.69, 9.17) is 4.74 Å². The second-order valence-corrected chi connectivity index (χ2v) is 5.95. The number of carbonyl (C=O) groups excluding carboxylic acids is 1. The van der Waals surface area contributed by atoms with Gasteiger partial charge in [0.25, 0.3) is 5.91 Å². The van der Waals surface area contributed by atoms with Gasteiger partial charge in [0.1, 0.15) is 6.04 Å². The number of halogens is 1. The minimum atomic E-state index is -0.447. The predicted molar refractivity (Wildman–Crippen MR) is 97.6 cm³/mol. The molecule has 0 aliphatic rings. The molecule has 126 valence electrons. The lowest BCUT2D eigenvalue weighted by atomic mass is 10.2. The molecule has 0 unspecified atom stereocenters. The van der Waals surface area contributed by atoms with Crippen molar-refractivity contribution in [2.45, 2.75) is 13.0 Å². The number of phenols is 1. The number of benzene rings is 2. The summed E-state index contributed by atoms with van der Waals surface area (Å²) >= 11 is 3.36. The summed E-state index contributed by atoms with van der Waals surface area (Å²) in [4.78, 5) is 12.0. The standard InChI is InChI=1S/C17H18BrN3O3/c1-11(20-14-6-4-13(18)5-7-14)17(23)21-19-10-12-3-8-15(22)16(9-12)24-2/h3-11,20,22H,1-2H3,(H,21,23)/b19-10-/t11-/m1/s1. The fourth-order valence-corrected chi connectivity index (χ4v) is 2.17. The molecule has 2 aromatic rings. The molecule has 1 amide bonds. The zero-order chi connectivity index (χ0) is 17.5. The van der Waals surface area contributed by atoms with Crippen LogP contribution in [0.25, 0.3) is 0 Å². The summed E-state index contributed by atoms with van der Waals surface area (Å²) in [5, 5.41) is 16.5. The number of ether oxygens (including phenoxy) is 1. The molecule has 0 radical (unpaired) electrons. The summed E-state index contributed by atoms with van der Waals surface area (Å²) in [6.45, 7) is 1.75. The maximum Gasteiger partial charge on any atom is 0.262 e. The first-order valence-electron chi connectivity index (χ1n) is 7.21. The van der Waals surface area contributed by atoms with Gasteiger partial charge >= 0.3 is 0 Å². The Kier molecular flexibility index (Phi) is 6.20. The molecule has 0 fully saturated rings.